The minimum Gasteiger partial charge on any atom is -0.393 e. The lowest BCUT2D eigenvalue weighted by molar-refractivity contribution is 0.194. The number of fused-ring (bicyclic) bond motifs is 1. The van der Waals surface area contributed by atoms with E-state index in [0.29, 0.717) is 16.2 Å². The van der Waals surface area contributed by atoms with E-state index in [2.05, 4.69) is 0 Å². The zero-order valence-corrected chi connectivity index (χ0v) is 11.7. The van der Waals surface area contributed by atoms with E-state index >= 15 is 0 Å². The molecule has 18 heavy (non-hydrogen) atoms. The molecule has 0 aliphatic carbocycles. The topological polar surface area (TPSA) is 59.3 Å². The van der Waals surface area contributed by atoms with E-state index in [4.69, 9.17) is 11.6 Å². The van der Waals surface area contributed by atoms with Crippen LogP contribution in [0.2, 0.25) is 5.02 Å². The highest BCUT2D eigenvalue weighted by Crippen LogP contribution is 2.25. The van der Waals surface area contributed by atoms with Crippen molar-refractivity contribution in [2.45, 2.75) is 19.4 Å². The van der Waals surface area contributed by atoms with Crippen molar-refractivity contribution in [3.8, 4) is 0 Å². The Balaban J connectivity index is 2.76. The van der Waals surface area contributed by atoms with E-state index in [1.165, 1.54) is 3.97 Å². The summed E-state index contributed by atoms with van der Waals surface area (Å²) in [5.74, 6) is 0. The lowest BCUT2D eigenvalue weighted by atomic mass is 10.2. The Morgan fingerprint density at radius 1 is 1.39 bits per heavy atom. The van der Waals surface area contributed by atoms with Crippen LogP contribution in [-0.4, -0.2) is 29.9 Å². The summed E-state index contributed by atoms with van der Waals surface area (Å²) in [7, 11) is -3.41. The number of nitrogens with zero attached hydrogens (tertiary/aromatic N) is 1. The van der Waals surface area contributed by atoms with Crippen molar-refractivity contribution in [2.24, 2.45) is 0 Å². The fourth-order valence-corrected chi connectivity index (χ4v) is 3.31. The van der Waals surface area contributed by atoms with Crippen LogP contribution in [0.25, 0.3) is 10.9 Å². The van der Waals surface area contributed by atoms with Gasteiger partial charge in [-0.1, -0.05) is 11.6 Å². The number of rotatable bonds is 3. The molecule has 98 valence electrons. The molecule has 0 radical (unpaired) electrons. The average Bonchev–Trinajstić information content (AvgIpc) is 2.52. The van der Waals surface area contributed by atoms with Crippen LogP contribution in [0, 0.1) is 0 Å². The molecule has 1 unspecified atom stereocenters. The van der Waals surface area contributed by atoms with Crippen LogP contribution in [0.3, 0.4) is 0 Å². The van der Waals surface area contributed by atoms with E-state index in [0.717, 1.165) is 11.6 Å². The molecule has 0 amide bonds. The van der Waals surface area contributed by atoms with E-state index in [9.17, 15) is 13.5 Å². The van der Waals surface area contributed by atoms with Gasteiger partial charge < -0.3 is 5.11 Å². The number of hydrogen-bond donors (Lipinski definition) is 1. The van der Waals surface area contributed by atoms with Gasteiger partial charge >= 0.3 is 0 Å². The number of halogens is 1. The maximum atomic E-state index is 11.8. The van der Waals surface area contributed by atoms with Crippen molar-refractivity contribution >= 4 is 32.5 Å². The maximum absolute atomic E-state index is 11.8. The number of aliphatic hydroxyl groups excluding tert-OH is 1. The Hall–Kier alpha value is -1.04. The second-order valence-corrected chi connectivity index (χ2v) is 6.69. The summed E-state index contributed by atoms with van der Waals surface area (Å²) >= 11 is 5.89. The molecule has 1 aromatic heterocycles. The molecular weight excluding hydrogens is 274 g/mol. The molecule has 0 fully saturated rings. The van der Waals surface area contributed by atoms with Gasteiger partial charge in [0.1, 0.15) is 0 Å². The molecule has 1 heterocycles. The van der Waals surface area contributed by atoms with Crippen LogP contribution in [-0.2, 0) is 16.4 Å². The molecule has 0 saturated carbocycles. The molecule has 1 atom stereocenters. The second kappa shape index (κ2) is 4.57. The molecule has 0 spiro atoms. The third-order valence-corrected chi connectivity index (χ3v) is 3.96. The molecule has 2 aromatic rings. The van der Waals surface area contributed by atoms with Crippen LogP contribution in [0.4, 0.5) is 0 Å². The van der Waals surface area contributed by atoms with Crippen LogP contribution >= 0.6 is 11.6 Å². The fraction of sp³-hybridized carbons (Fsp3) is 0.333. The molecular formula is C12H14ClNO3S. The zero-order valence-electron chi connectivity index (χ0n) is 10.1. The Bertz CT molecular complexity index is 689. The van der Waals surface area contributed by atoms with Gasteiger partial charge in [0.25, 0.3) is 0 Å². The molecule has 6 heteroatoms. The summed E-state index contributed by atoms with van der Waals surface area (Å²) < 4.78 is 24.9. The van der Waals surface area contributed by atoms with Crippen molar-refractivity contribution in [3.05, 3.63) is 35.0 Å². The molecule has 0 bridgehead atoms. The Morgan fingerprint density at radius 3 is 2.61 bits per heavy atom. The van der Waals surface area contributed by atoms with E-state index in [-0.39, 0.29) is 6.42 Å². The maximum Gasteiger partial charge on any atom is 0.236 e. The number of hydrogen-bond acceptors (Lipinski definition) is 3. The minimum absolute atomic E-state index is 0.277. The van der Waals surface area contributed by atoms with Gasteiger partial charge in [0.2, 0.25) is 10.0 Å². The molecule has 0 aliphatic rings. The van der Waals surface area contributed by atoms with Crippen LogP contribution < -0.4 is 0 Å². The van der Waals surface area contributed by atoms with Crippen molar-refractivity contribution in [3.63, 3.8) is 0 Å². The van der Waals surface area contributed by atoms with Crippen LogP contribution in [0.5, 0.6) is 0 Å². The summed E-state index contributed by atoms with van der Waals surface area (Å²) in [4.78, 5) is 0. The third kappa shape index (κ3) is 2.53. The zero-order chi connectivity index (χ0) is 13.5. The first-order valence-corrected chi connectivity index (χ1v) is 7.70. The molecule has 0 saturated heterocycles. The van der Waals surface area contributed by atoms with Crippen molar-refractivity contribution < 1.29 is 13.5 Å². The quantitative estimate of drug-likeness (QED) is 0.940. The summed E-state index contributed by atoms with van der Waals surface area (Å²) in [6.45, 7) is 1.62. The highest BCUT2D eigenvalue weighted by atomic mass is 35.5. The van der Waals surface area contributed by atoms with Crippen molar-refractivity contribution in [1.29, 1.82) is 0 Å². The van der Waals surface area contributed by atoms with Gasteiger partial charge in [-0.25, -0.2) is 12.4 Å². The first kappa shape index (κ1) is 13.4. The van der Waals surface area contributed by atoms with Gasteiger partial charge in [-0.15, -0.1) is 0 Å². The van der Waals surface area contributed by atoms with Gasteiger partial charge in [0.05, 0.1) is 17.9 Å². The van der Waals surface area contributed by atoms with Gasteiger partial charge in [-0.3, -0.25) is 0 Å². The van der Waals surface area contributed by atoms with E-state index < -0.39 is 16.1 Å². The predicted octanol–water partition coefficient (Wildman–Crippen LogP) is 2.03. The fourth-order valence-electron chi connectivity index (χ4n) is 2.05. The SMILES string of the molecule is CC(O)Cc1cc2cc(Cl)ccc2n1S(C)(=O)=O. The number of aromatic nitrogens is 1. The largest absolute Gasteiger partial charge is 0.393 e. The van der Waals surface area contributed by atoms with Gasteiger partial charge in [0, 0.05) is 22.5 Å². The molecule has 4 nitrogen and oxygen atoms in total. The molecule has 2 rings (SSSR count). The van der Waals surface area contributed by atoms with Gasteiger partial charge in [-0.05, 0) is 31.2 Å². The average molecular weight is 288 g/mol. The molecule has 1 aromatic carbocycles. The smallest absolute Gasteiger partial charge is 0.236 e. The summed E-state index contributed by atoms with van der Waals surface area (Å²) in [5, 5.41) is 10.7. The third-order valence-electron chi connectivity index (χ3n) is 2.63. The summed E-state index contributed by atoms with van der Waals surface area (Å²) in [6, 6.07) is 6.78. The lowest BCUT2D eigenvalue weighted by Crippen LogP contribution is -2.16. The van der Waals surface area contributed by atoms with Crippen molar-refractivity contribution in [2.75, 3.05) is 6.26 Å². The second-order valence-electron chi connectivity index (χ2n) is 4.42. The first-order valence-electron chi connectivity index (χ1n) is 5.47. The normalized spacial score (nSPS) is 14.0. The predicted molar refractivity (Wildman–Crippen MR) is 72.6 cm³/mol. The van der Waals surface area contributed by atoms with Gasteiger partial charge in [0.15, 0.2) is 0 Å². The standard InChI is InChI=1S/C12H14ClNO3S/c1-8(15)5-11-7-9-6-10(13)3-4-12(9)14(11)18(2,16)17/h3-4,6-8,15H,5H2,1-2H3. The summed E-state index contributed by atoms with van der Waals surface area (Å²) in [6.07, 6.45) is 0.816. The number of benzene rings is 1. The Morgan fingerprint density at radius 2 is 2.06 bits per heavy atom. The van der Waals surface area contributed by atoms with Gasteiger partial charge in [-0.2, -0.15) is 0 Å². The van der Waals surface area contributed by atoms with E-state index in [1.54, 1.807) is 31.2 Å². The highest BCUT2D eigenvalue weighted by Gasteiger charge is 2.17. The summed E-state index contributed by atoms with van der Waals surface area (Å²) in [5.41, 5.74) is 1.14. The molecule has 0 aliphatic heterocycles. The molecule has 1 N–H and O–H groups in total. The minimum atomic E-state index is -3.41. The monoisotopic (exact) mass is 287 g/mol. The van der Waals surface area contributed by atoms with Crippen LogP contribution in [0.15, 0.2) is 24.3 Å². The Kier molecular flexibility index (Phi) is 3.40. The highest BCUT2D eigenvalue weighted by molar-refractivity contribution is 7.89. The Labute approximate surface area is 111 Å². The van der Waals surface area contributed by atoms with E-state index in [1.807, 2.05) is 0 Å². The number of aliphatic hydroxyl groups is 1. The van der Waals surface area contributed by atoms with Crippen LogP contribution in [0.1, 0.15) is 12.6 Å². The first-order chi connectivity index (χ1) is 8.29. The van der Waals surface area contributed by atoms with Crippen molar-refractivity contribution in [1.82, 2.24) is 3.97 Å². The lowest BCUT2D eigenvalue weighted by Gasteiger charge is -2.09.